The molecule has 0 aliphatic carbocycles. The van der Waals surface area contributed by atoms with Crippen molar-refractivity contribution in [2.24, 2.45) is 0 Å². The normalized spacial score (nSPS) is 11.9. The Morgan fingerprint density at radius 3 is 2.04 bits per heavy atom. The van der Waals surface area contributed by atoms with E-state index in [9.17, 15) is 0 Å². The maximum Gasteiger partial charge on any atom is 0.144 e. The van der Waals surface area contributed by atoms with Gasteiger partial charge in [-0.3, -0.25) is 4.57 Å². The summed E-state index contributed by atoms with van der Waals surface area (Å²) < 4.78 is 2.31. The zero-order valence-corrected chi connectivity index (χ0v) is 16.9. The van der Waals surface area contributed by atoms with Gasteiger partial charge in [0.1, 0.15) is 5.82 Å². The smallest absolute Gasteiger partial charge is 0.144 e. The topological polar surface area (TPSA) is 17.8 Å². The summed E-state index contributed by atoms with van der Waals surface area (Å²) in [6.07, 6.45) is 4.04. The maximum absolute atomic E-state index is 4.69. The minimum absolute atomic E-state index is 0.488. The van der Waals surface area contributed by atoms with Gasteiger partial charge in [-0.05, 0) is 23.3 Å². The third-order valence-corrected chi connectivity index (χ3v) is 6.31. The molecule has 3 heteroatoms. The number of hydrogen-bond acceptors (Lipinski definition) is 2. The second kappa shape index (κ2) is 7.17. The first-order chi connectivity index (χ1) is 11.9. The van der Waals surface area contributed by atoms with E-state index >= 15 is 0 Å². The molecule has 2 nitrogen and oxygen atoms in total. The van der Waals surface area contributed by atoms with Crippen LogP contribution in [-0.4, -0.2) is 9.55 Å². The molecule has 0 saturated heterocycles. The summed E-state index contributed by atoms with van der Waals surface area (Å²) >= 11 is 1.98. The first kappa shape index (κ1) is 17.9. The predicted molar refractivity (Wildman–Crippen MR) is 109 cm³/mol. The van der Waals surface area contributed by atoms with Crippen LogP contribution in [0.25, 0.3) is 17.1 Å². The number of nitrogens with zero attached hydrogens (tertiary/aromatic N) is 2. The highest BCUT2D eigenvalue weighted by Crippen LogP contribution is 2.44. The fourth-order valence-electron chi connectivity index (χ4n) is 3.38. The quantitative estimate of drug-likeness (QED) is 0.485. The molecular weight excluding hydrogens is 324 g/mol. The number of imidazole rings is 1. The largest absolute Gasteiger partial charge is 0.298 e. The van der Waals surface area contributed by atoms with Crippen molar-refractivity contribution < 1.29 is 0 Å². The van der Waals surface area contributed by atoms with Crippen molar-refractivity contribution in [3.63, 3.8) is 0 Å². The SMILES string of the molecule is CC(C)c1sc(C(C)C)c(-n2ccnc2-c2ccccc2)c1C(C)C. The zero-order valence-electron chi connectivity index (χ0n) is 16.1. The van der Waals surface area contributed by atoms with Gasteiger partial charge in [0.05, 0.1) is 5.69 Å². The Morgan fingerprint density at radius 1 is 0.840 bits per heavy atom. The van der Waals surface area contributed by atoms with Gasteiger partial charge < -0.3 is 0 Å². The first-order valence-electron chi connectivity index (χ1n) is 9.17. The van der Waals surface area contributed by atoms with Crippen LogP contribution in [0, 0.1) is 0 Å². The van der Waals surface area contributed by atoms with Gasteiger partial charge in [-0.25, -0.2) is 4.98 Å². The molecular formula is C22H28N2S. The van der Waals surface area contributed by atoms with Crippen molar-refractivity contribution in [3.8, 4) is 17.1 Å². The van der Waals surface area contributed by atoms with Gasteiger partial charge in [0.25, 0.3) is 0 Å². The van der Waals surface area contributed by atoms with Gasteiger partial charge in [0, 0.05) is 27.7 Å². The standard InChI is InChI=1S/C22H28N2S/c1-14(2)18-19(21(16(5)6)25-20(18)15(3)4)24-13-12-23-22(24)17-10-8-7-9-11-17/h7-16H,1-6H3. The first-order valence-corrected chi connectivity index (χ1v) is 9.99. The Morgan fingerprint density at radius 2 is 1.48 bits per heavy atom. The highest BCUT2D eigenvalue weighted by molar-refractivity contribution is 7.12. The fraction of sp³-hybridized carbons (Fsp3) is 0.409. The van der Waals surface area contributed by atoms with E-state index in [2.05, 4.69) is 87.6 Å². The van der Waals surface area contributed by atoms with Gasteiger partial charge in [0.2, 0.25) is 0 Å². The molecule has 0 unspecified atom stereocenters. The third kappa shape index (κ3) is 3.30. The lowest BCUT2D eigenvalue weighted by molar-refractivity contribution is 0.792. The molecule has 0 amide bonds. The lowest BCUT2D eigenvalue weighted by Gasteiger charge is -2.17. The Bertz CT molecular complexity index is 838. The van der Waals surface area contributed by atoms with E-state index in [-0.39, 0.29) is 0 Å². The minimum Gasteiger partial charge on any atom is -0.298 e. The van der Waals surface area contributed by atoms with Crippen LogP contribution >= 0.6 is 11.3 Å². The Labute approximate surface area is 155 Å². The van der Waals surface area contributed by atoms with Crippen molar-refractivity contribution in [2.75, 3.05) is 0 Å². The molecule has 0 N–H and O–H groups in total. The van der Waals surface area contributed by atoms with E-state index in [1.54, 1.807) is 0 Å². The van der Waals surface area contributed by atoms with Gasteiger partial charge in [0.15, 0.2) is 0 Å². The molecule has 3 rings (SSSR count). The molecule has 0 atom stereocenters. The van der Waals surface area contributed by atoms with Gasteiger partial charge >= 0.3 is 0 Å². The van der Waals surface area contributed by atoms with Crippen LogP contribution < -0.4 is 0 Å². The predicted octanol–water partition coefficient (Wildman–Crippen LogP) is 6.97. The molecule has 132 valence electrons. The summed E-state index contributed by atoms with van der Waals surface area (Å²) in [5, 5.41) is 0. The molecule has 0 spiro atoms. The Hall–Kier alpha value is -1.87. The number of rotatable bonds is 5. The summed E-state index contributed by atoms with van der Waals surface area (Å²) in [7, 11) is 0. The van der Waals surface area contributed by atoms with Crippen LogP contribution in [0.5, 0.6) is 0 Å². The maximum atomic E-state index is 4.69. The van der Waals surface area contributed by atoms with Crippen LogP contribution in [0.3, 0.4) is 0 Å². The van der Waals surface area contributed by atoms with Crippen LogP contribution in [0.4, 0.5) is 0 Å². The average molecular weight is 353 g/mol. The second-order valence-corrected chi connectivity index (χ2v) is 8.63. The third-order valence-electron chi connectivity index (χ3n) is 4.51. The van der Waals surface area contributed by atoms with Crippen molar-refractivity contribution in [1.82, 2.24) is 9.55 Å². The van der Waals surface area contributed by atoms with Crippen molar-refractivity contribution in [2.45, 2.75) is 59.3 Å². The molecule has 0 bridgehead atoms. The fourth-order valence-corrected chi connectivity index (χ4v) is 4.84. The van der Waals surface area contributed by atoms with Crippen LogP contribution in [0.1, 0.15) is 74.6 Å². The Balaban J connectivity index is 2.30. The molecule has 0 saturated carbocycles. The molecule has 3 aromatic rings. The summed E-state index contributed by atoms with van der Waals surface area (Å²) in [6.45, 7) is 13.8. The summed E-state index contributed by atoms with van der Waals surface area (Å²) in [5.41, 5.74) is 4.00. The number of benzene rings is 1. The molecule has 0 fully saturated rings. The lowest BCUT2D eigenvalue weighted by Crippen LogP contribution is -2.05. The van der Waals surface area contributed by atoms with E-state index in [1.807, 2.05) is 17.5 Å². The van der Waals surface area contributed by atoms with E-state index in [4.69, 9.17) is 0 Å². The van der Waals surface area contributed by atoms with Gasteiger partial charge in [-0.1, -0.05) is 71.9 Å². The van der Waals surface area contributed by atoms with Gasteiger partial charge in [-0.2, -0.15) is 0 Å². The molecule has 0 aliphatic heterocycles. The highest BCUT2D eigenvalue weighted by Gasteiger charge is 2.26. The van der Waals surface area contributed by atoms with Crippen LogP contribution in [0.15, 0.2) is 42.7 Å². The van der Waals surface area contributed by atoms with E-state index in [0.29, 0.717) is 17.8 Å². The van der Waals surface area contributed by atoms with E-state index in [1.165, 1.54) is 21.0 Å². The number of thiophene rings is 1. The van der Waals surface area contributed by atoms with Crippen LogP contribution in [0.2, 0.25) is 0 Å². The second-order valence-electron chi connectivity index (χ2n) is 7.54. The van der Waals surface area contributed by atoms with Crippen molar-refractivity contribution in [3.05, 3.63) is 58.0 Å². The number of hydrogen-bond donors (Lipinski definition) is 0. The molecule has 1 aromatic carbocycles. The van der Waals surface area contributed by atoms with Crippen molar-refractivity contribution in [1.29, 1.82) is 0 Å². The minimum atomic E-state index is 0.488. The zero-order chi connectivity index (χ0) is 18.1. The van der Waals surface area contributed by atoms with Crippen LogP contribution in [-0.2, 0) is 0 Å². The monoisotopic (exact) mass is 352 g/mol. The lowest BCUT2D eigenvalue weighted by atomic mass is 9.95. The summed E-state index contributed by atoms with van der Waals surface area (Å²) in [4.78, 5) is 7.66. The molecule has 0 aliphatic rings. The molecule has 2 heterocycles. The number of aromatic nitrogens is 2. The van der Waals surface area contributed by atoms with E-state index in [0.717, 1.165) is 11.4 Å². The Kier molecular flexibility index (Phi) is 5.14. The summed E-state index contributed by atoms with van der Waals surface area (Å²) in [5.74, 6) is 2.55. The molecule has 2 aromatic heterocycles. The van der Waals surface area contributed by atoms with Gasteiger partial charge in [-0.15, -0.1) is 11.3 Å². The highest BCUT2D eigenvalue weighted by atomic mass is 32.1. The molecule has 25 heavy (non-hydrogen) atoms. The molecule has 0 radical (unpaired) electrons. The van der Waals surface area contributed by atoms with E-state index < -0.39 is 0 Å². The summed E-state index contributed by atoms with van der Waals surface area (Å²) in [6, 6.07) is 10.5. The average Bonchev–Trinajstić information content (AvgIpc) is 3.19. The van der Waals surface area contributed by atoms with Crippen molar-refractivity contribution >= 4 is 11.3 Å².